The van der Waals surface area contributed by atoms with Gasteiger partial charge in [-0.15, -0.1) is 0 Å². The van der Waals surface area contributed by atoms with Crippen LogP contribution >= 0.6 is 0 Å². The zero-order chi connectivity index (χ0) is 16.9. The lowest BCUT2D eigenvalue weighted by Crippen LogP contribution is -2.33. The number of likely N-dealkylation sites (N-methyl/N-ethyl adjacent to an activating group) is 1. The summed E-state index contributed by atoms with van der Waals surface area (Å²) in [6, 6.07) is 6.89. The van der Waals surface area contributed by atoms with Gasteiger partial charge in [0, 0.05) is 31.4 Å². The summed E-state index contributed by atoms with van der Waals surface area (Å²) in [7, 11) is -1.21. The molecule has 0 saturated carbocycles. The van der Waals surface area contributed by atoms with E-state index in [2.05, 4.69) is 16.7 Å². The van der Waals surface area contributed by atoms with E-state index in [4.69, 9.17) is 0 Å². The first kappa shape index (κ1) is 17.5. The molecule has 0 spiro atoms. The molecular formula is C16H23N3O3S. The highest BCUT2D eigenvalue weighted by atomic mass is 32.2. The van der Waals surface area contributed by atoms with Gasteiger partial charge in [-0.2, -0.15) is 0 Å². The summed E-state index contributed by atoms with van der Waals surface area (Å²) in [5.74, 6) is 0.0126. The number of hydrogen-bond acceptors (Lipinski definition) is 4. The number of nitrogens with one attached hydrogen (secondary N) is 1. The summed E-state index contributed by atoms with van der Waals surface area (Å²) in [6.45, 7) is 3.44. The average molecular weight is 337 g/mol. The van der Waals surface area contributed by atoms with Crippen LogP contribution in [0.5, 0.6) is 0 Å². The van der Waals surface area contributed by atoms with Crippen LogP contribution in [0.15, 0.2) is 30.3 Å². The minimum absolute atomic E-state index is 0.0126. The van der Waals surface area contributed by atoms with Crippen LogP contribution < -0.4 is 4.72 Å². The largest absolute Gasteiger partial charge is 0.338 e. The van der Waals surface area contributed by atoms with E-state index in [0.717, 1.165) is 44.4 Å². The molecule has 0 bridgehead atoms. The van der Waals surface area contributed by atoms with Gasteiger partial charge in [0.25, 0.3) is 0 Å². The number of carbonyl (C=O) groups is 1. The van der Waals surface area contributed by atoms with Crippen molar-refractivity contribution >= 4 is 27.7 Å². The standard InChI is InChI=1S/C16H23N3O3S/c1-18-10-3-11-19(13-12-18)16(20)9-6-14-4-7-15(8-5-14)17-23(2,21)22/h4-9,17H,3,10-13H2,1-2H3/b9-6+. The van der Waals surface area contributed by atoms with Crippen LogP contribution in [0, 0.1) is 0 Å². The molecule has 1 aromatic carbocycles. The van der Waals surface area contributed by atoms with Crippen molar-refractivity contribution in [2.75, 3.05) is 44.2 Å². The number of sulfonamides is 1. The smallest absolute Gasteiger partial charge is 0.246 e. The van der Waals surface area contributed by atoms with Gasteiger partial charge in [-0.05, 0) is 43.8 Å². The van der Waals surface area contributed by atoms with Crippen molar-refractivity contribution < 1.29 is 13.2 Å². The first-order chi connectivity index (χ1) is 10.8. The molecule has 0 aliphatic carbocycles. The second-order valence-corrected chi connectivity index (χ2v) is 7.56. The Balaban J connectivity index is 1.95. The maximum absolute atomic E-state index is 12.2. The SMILES string of the molecule is CN1CCCN(C(=O)/C=C/c2ccc(NS(C)(=O)=O)cc2)CC1. The molecule has 2 rings (SSSR count). The van der Waals surface area contributed by atoms with Crippen molar-refractivity contribution in [1.82, 2.24) is 9.80 Å². The third-order valence-corrected chi connectivity index (χ3v) is 4.27. The maximum atomic E-state index is 12.2. The van der Waals surface area contributed by atoms with Gasteiger partial charge in [-0.3, -0.25) is 9.52 Å². The number of anilines is 1. The molecule has 23 heavy (non-hydrogen) atoms. The molecule has 1 aliphatic rings. The molecule has 0 unspecified atom stereocenters. The van der Waals surface area contributed by atoms with Crippen LogP contribution in [-0.4, -0.2) is 63.6 Å². The van der Waals surface area contributed by atoms with Crippen LogP contribution in [-0.2, 0) is 14.8 Å². The predicted octanol–water partition coefficient (Wildman–Crippen LogP) is 1.24. The van der Waals surface area contributed by atoms with E-state index < -0.39 is 10.0 Å². The van der Waals surface area contributed by atoms with Crippen LogP contribution in [0.1, 0.15) is 12.0 Å². The van der Waals surface area contributed by atoms with Gasteiger partial charge >= 0.3 is 0 Å². The van der Waals surface area contributed by atoms with E-state index in [1.807, 2.05) is 4.90 Å². The predicted molar refractivity (Wildman–Crippen MR) is 92.6 cm³/mol. The zero-order valence-corrected chi connectivity index (χ0v) is 14.3. The van der Waals surface area contributed by atoms with E-state index in [9.17, 15) is 13.2 Å². The van der Waals surface area contributed by atoms with Crippen molar-refractivity contribution in [1.29, 1.82) is 0 Å². The molecule has 1 amide bonds. The van der Waals surface area contributed by atoms with Gasteiger partial charge in [0.2, 0.25) is 15.9 Å². The Kier molecular flexibility index (Phi) is 5.79. The molecule has 0 aromatic heterocycles. The fourth-order valence-electron chi connectivity index (χ4n) is 2.42. The van der Waals surface area contributed by atoms with E-state index in [0.29, 0.717) is 5.69 Å². The zero-order valence-electron chi connectivity index (χ0n) is 13.5. The number of hydrogen-bond donors (Lipinski definition) is 1. The van der Waals surface area contributed by atoms with Crippen LogP contribution in [0.3, 0.4) is 0 Å². The molecule has 1 heterocycles. The topological polar surface area (TPSA) is 69.7 Å². The fourth-order valence-corrected chi connectivity index (χ4v) is 2.98. The highest BCUT2D eigenvalue weighted by Crippen LogP contribution is 2.12. The van der Waals surface area contributed by atoms with Crippen molar-refractivity contribution in [2.24, 2.45) is 0 Å². The Labute approximate surface area is 137 Å². The molecule has 126 valence electrons. The third-order valence-electron chi connectivity index (χ3n) is 3.66. The lowest BCUT2D eigenvalue weighted by atomic mass is 10.2. The third kappa shape index (κ3) is 6.03. The first-order valence-electron chi connectivity index (χ1n) is 7.57. The van der Waals surface area contributed by atoms with Crippen molar-refractivity contribution in [2.45, 2.75) is 6.42 Å². The van der Waals surface area contributed by atoms with Gasteiger partial charge in [0.15, 0.2) is 0 Å². The average Bonchev–Trinajstić information content (AvgIpc) is 2.69. The highest BCUT2D eigenvalue weighted by Gasteiger charge is 2.15. The summed E-state index contributed by atoms with van der Waals surface area (Å²) in [4.78, 5) is 16.3. The van der Waals surface area contributed by atoms with E-state index in [1.54, 1.807) is 36.4 Å². The number of nitrogens with zero attached hydrogens (tertiary/aromatic N) is 2. The molecule has 1 aliphatic heterocycles. The van der Waals surface area contributed by atoms with Crippen LogP contribution in [0.2, 0.25) is 0 Å². The molecule has 1 fully saturated rings. The summed E-state index contributed by atoms with van der Waals surface area (Å²) in [6.07, 6.45) is 5.42. The van der Waals surface area contributed by atoms with Gasteiger partial charge in [-0.1, -0.05) is 12.1 Å². The van der Waals surface area contributed by atoms with Gasteiger partial charge < -0.3 is 9.80 Å². The second-order valence-electron chi connectivity index (χ2n) is 5.81. The number of rotatable bonds is 4. The Morgan fingerprint density at radius 1 is 1.13 bits per heavy atom. The molecular weight excluding hydrogens is 314 g/mol. The van der Waals surface area contributed by atoms with Crippen LogP contribution in [0.25, 0.3) is 6.08 Å². The lowest BCUT2D eigenvalue weighted by molar-refractivity contribution is -0.125. The Morgan fingerprint density at radius 3 is 2.48 bits per heavy atom. The van der Waals surface area contributed by atoms with E-state index in [1.165, 1.54) is 0 Å². The van der Waals surface area contributed by atoms with Crippen LogP contribution in [0.4, 0.5) is 5.69 Å². The molecule has 1 N–H and O–H groups in total. The Morgan fingerprint density at radius 2 is 1.83 bits per heavy atom. The van der Waals surface area contributed by atoms with Crippen molar-refractivity contribution in [3.8, 4) is 0 Å². The highest BCUT2D eigenvalue weighted by molar-refractivity contribution is 7.92. The minimum Gasteiger partial charge on any atom is -0.338 e. The molecule has 1 aromatic rings. The number of benzene rings is 1. The van der Waals surface area contributed by atoms with E-state index in [-0.39, 0.29) is 5.91 Å². The lowest BCUT2D eigenvalue weighted by Gasteiger charge is -2.18. The summed E-state index contributed by atoms with van der Waals surface area (Å²) in [5.41, 5.74) is 1.36. The molecule has 7 heteroatoms. The summed E-state index contributed by atoms with van der Waals surface area (Å²) >= 11 is 0. The quantitative estimate of drug-likeness (QED) is 0.839. The molecule has 1 saturated heterocycles. The fraction of sp³-hybridized carbons (Fsp3) is 0.438. The van der Waals surface area contributed by atoms with Crippen molar-refractivity contribution in [3.63, 3.8) is 0 Å². The van der Waals surface area contributed by atoms with Gasteiger partial charge in [-0.25, -0.2) is 8.42 Å². The summed E-state index contributed by atoms with van der Waals surface area (Å²) < 4.78 is 24.7. The first-order valence-corrected chi connectivity index (χ1v) is 9.46. The monoisotopic (exact) mass is 337 g/mol. The van der Waals surface area contributed by atoms with Gasteiger partial charge in [0.1, 0.15) is 0 Å². The van der Waals surface area contributed by atoms with Crippen molar-refractivity contribution in [3.05, 3.63) is 35.9 Å². The summed E-state index contributed by atoms with van der Waals surface area (Å²) in [5, 5.41) is 0. The molecule has 0 radical (unpaired) electrons. The number of carbonyl (C=O) groups excluding carboxylic acids is 1. The van der Waals surface area contributed by atoms with E-state index >= 15 is 0 Å². The van der Waals surface area contributed by atoms with Gasteiger partial charge in [0.05, 0.1) is 6.26 Å². The normalized spacial score (nSPS) is 17.2. The Bertz CT molecular complexity index is 668. The number of amides is 1. The minimum atomic E-state index is -3.27. The maximum Gasteiger partial charge on any atom is 0.246 e. The molecule has 6 nitrogen and oxygen atoms in total. The molecule has 0 atom stereocenters. The Hall–Kier alpha value is -1.86. The second kappa shape index (κ2) is 7.61.